The van der Waals surface area contributed by atoms with Crippen LogP contribution in [0.15, 0.2) is 15.9 Å². The lowest BCUT2D eigenvalue weighted by Crippen LogP contribution is -2.43. The number of hydrogen-bond acceptors (Lipinski definition) is 3. The maximum absolute atomic E-state index is 11.0. The predicted molar refractivity (Wildman–Crippen MR) is 74.1 cm³/mol. The van der Waals surface area contributed by atoms with Crippen LogP contribution in [0.1, 0.15) is 24.6 Å². The Morgan fingerprint density at radius 1 is 1.59 bits per heavy atom. The fourth-order valence-electron chi connectivity index (χ4n) is 2.18. The predicted octanol–water partition coefficient (Wildman–Crippen LogP) is 2.61. The van der Waals surface area contributed by atoms with E-state index in [0.717, 1.165) is 32.5 Å². The molecule has 1 aromatic heterocycles. The second-order valence-electron chi connectivity index (χ2n) is 4.48. The molecule has 1 aliphatic heterocycles. The molecule has 0 bridgehead atoms. The highest BCUT2D eigenvalue weighted by Crippen LogP contribution is 2.22. The quantitative estimate of drug-likeness (QED) is 0.929. The van der Waals surface area contributed by atoms with Crippen LogP contribution in [0.3, 0.4) is 0 Å². The van der Waals surface area contributed by atoms with Gasteiger partial charge in [0.25, 0.3) is 0 Å². The second kappa shape index (κ2) is 5.98. The van der Waals surface area contributed by atoms with E-state index in [4.69, 9.17) is 0 Å². The number of nitrogens with zero attached hydrogens (tertiary/aromatic N) is 1. The first-order chi connectivity index (χ1) is 8.13. The molecule has 0 aliphatic carbocycles. The van der Waals surface area contributed by atoms with Gasteiger partial charge in [-0.25, -0.2) is 0 Å². The van der Waals surface area contributed by atoms with Gasteiger partial charge in [-0.1, -0.05) is 0 Å². The third kappa shape index (κ3) is 4.08. The zero-order chi connectivity index (χ0) is 12.3. The molecule has 1 amide bonds. The number of amides is 1. The number of carbonyl (C=O) groups is 1. The molecule has 1 aromatic rings. The number of rotatable bonds is 3. The van der Waals surface area contributed by atoms with Crippen molar-refractivity contribution in [3.05, 3.63) is 20.8 Å². The number of thiophene rings is 1. The van der Waals surface area contributed by atoms with E-state index in [1.165, 1.54) is 9.35 Å². The molecule has 0 spiro atoms. The van der Waals surface area contributed by atoms with Crippen molar-refractivity contribution >= 4 is 33.2 Å². The first-order valence-electron chi connectivity index (χ1n) is 5.86. The summed E-state index contributed by atoms with van der Waals surface area (Å²) in [7, 11) is 0. The highest BCUT2D eigenvalue weighted by Gasteiger charge is 2.19. The third-order valence-corrected chi connectivity index (χ3v) is 4.68. The van der Waals surface area contributed by atoms with Crippen LogP contribution in [-0.2, 0) is 11.3 Å². The molecule has 0 unspecified atom stereocenters. The molecule has 2 rings (SSSR count). The van der Waals surface area contributed by atoms with Gasteiger partial charge in [-0.05, 0) is 34.8 Å². The fraction of sp³-hybridized carbons (Fsp3) is 0.583. The summed E-state index contributed by atoms with van der Waals surface area (Å²) in [5.41, 5.74) is 0. The molecule has 0 radical (unpaired) electrons. The van der Waals surface area contributed by atoms with Crippen LogP contribution in [0.2, 0.25) is 0 Å². The zero-order valence-electron chi connectivity index (χ0n) is 9.91. The molecule has 2 heterocycles. The number of halogens is 1. The molecule has 0 atom stereocenters. The van der Waals surface area contributed by atoms with Gasteiger partial charge in [0.05, 0.1) is 0 Å². The maximum Gasteiger partial charge on any atom is 0.217 e. The summed E-state index contributed by atoms with van der Waals surface area (Å²) in [6.07, 6.45) is 2.12. The molecule has 1 saturated heterocycles. The molecule has 0 aromatic carbocycles. The van der Waals surface area contributed by atoms with Crippen molar-refractivity contribution < 1.29 is 4.79 Å². The van der Waals surface area contributed by atoms with Crippen LogP contribution in [0, 0.1) is 0 Å². The summed E-state index contributed by atoms with van der Waals surface area (Å²) in [6, 6.07) is 2.56. The Bertz CT molecular complexity index is 386. The van der Waals surface area contributed by atoms with Gasteiger partial charge in [-0.3, -0.25) is 9.69 Å². The Morgan fingerprint density at radius 2 is 2.29 bits per heavy atom. The number of hydrogen-bond donors (Lipinski definition) is 1. The van der Waals surface area contributed by atoms with Gasteiger partial charge in [-0.2, -0.15) is 0 Å². The number of likely N-dealkylation sites (tertiary alicyclic amines) is 1. The zero-order valence-corrected chi connectivity index (χ0v) is 12.3. The van der Waals surface area contributed by atoms with Gasteiger partial charge < -0.3 is 5.32 Å². The monoisotopic (exact) mass is 316 g/mol. The smallest absolute Gasteiger partial charge is 0.217 e. The Hall–Kier alpha value is -0.390. The van der Waals surface area contributed by atoms with Gasteiger partial charge in [0, 0.05) is 47.3 Å². The molecule has 0 saturated carbocycles. The Labute approximate surface area is 114 Å². The van der Waals surface area contributed by atoms with Gasteiger partial charge >= 0.3 is 0 Å². The Morgan fingerprint density at radius 3 is 2.82 bits per heavy atom. The number of piperidine rings is 1. The SMILES string of the molecule is CC(=O)NC1CCN(Cc2cc(Br)cs2)CC1. The van der Waals surface area contributed by atoms with Gasteiger partial charge in [0.15, 0.2) is 0 Å². The standard InChI is InChI=1S/C12H17BrN2OS/c1-9(16)14-11-2-4-15(5-3-11)7-12-6-10(13)8-17-12/h6,8,11H,2-5,7H2,1H3,(H,14,16). The highest BCUT2D eigenvalue weighted by molar-refractivity contribution is 9.10. The van der Waals surface area contributed by atoms with E-state index in [1.54, 1.807) is 18.3 Å². The third-order valence-electron chi connectivity index (χ3n) is 3.00. The first kappa shape index (κ1) is 13.1. The van der Waals surface area contributed by atoms with Crippen molar-refractivity contribution in [1.82, 2.24) is 10.2 Å². The fourth-order valence-corrected chi connectivity index (χ4v) is 3.67. The summed E-state index contributed by atoms with van der Waals surface area (Å²) in [4.78, 5) is 14.8. The second-order valence-corrected chi connectivity index (χ2v) is 6.39. The molecule has 1 fully saturated rings. The largest absolute Gasteiger partial charge is 0.354 e. The van der Waals surface area contributed by atoms with Crippen LogP contribution in [-0.4, -0.2) is 29.9 Å². The number of nitrogens with one attached hydrogen (secondary N) is 1. The minimum Gasteiger partial charge on any atom is -0.354 e. The minimum absolute atomic E-state index is 0.0886. The lowest BCUT2D eigenvalue weighted by molar-refractivity contribution is -0.119. The topological polar surface area (TPSA) is 32.3 Å². The average Bonchev–Trinajstić information content (AvgIpc) is 2.66. The van der Waals surface area contributed by atoms with Crippen molar-refractivity contribution in [2.24, 2.45) is 0 Å². The minimum atomic E-state index is 0.0886. The molecule has 1 aliphatic rings. The van der Waals surface area contributed by atoms with E-state index in [9.17, 15) is 4.79 Å². The highest BCUT2D eigenvalue weighted by atomic mass is 79.9. The van der Waals surface area contributed by atoms with E-state index >= 15 is 0 Å². The molecule has 3 nitrogen and oxygen atoms in total. The molecular weight excluding hydrogens is 300 g/mol. The summed E-state index contributed by atoms with van der Waals surface area (Å²) < 4.78 is 1.17. The summed E-state index contributed by atoms with van der Waals surface area (Å²) in [6.45, 7) is 4.76. The summed E-state index contributed by atoms with van der Waals surface area (Å²) in [5.74, 6) is 0.0886. The van der Waals surface area contributed by atoms with Crippen LogP contribution in [0.25, 0.3) is 0 Å². The Kier molecular flexibility index (Phi) is 4.59. The van der Waals surface area contributed by atoms with Crippen molar-refractivity contribution in [2.75, 3.05) is 13.1 Å². The van der Waals surface area contributed by atoms with Crippen LogP contribution in [0.4, 0.5) is 0 Å². The molecule has 1 N–H and O–H groups in total. The number of carbonyl (C=O) groups excluding carboxylic acids is 1. The van der Waals surface area contributed by atoms with Gasteiger partial charge in [0.1, 0.15) is 0 Å². The normalized spacial score (nSPS) is 18.2. The summed E-state index contributed by atoms with van der Waals surface area (Å²) in [5, 5.41) is 5.12. The van der Waals surface area contributed by atoms with Crippen molar-refractivity contribution in [2.45, 2.75) is 32.4 Å². The van der Waals surface area contributed by atoms with Gasteiger partial charge in [0.2, 0.25) is 5.91 Å². The van der Waals surface area contributed by atoms with Crippen LogP contribution in [0.5, 0.6) is 0 Å². The maximum atomic E-state index is 11.0. The van der Waals surface area contributed by atoms with Crippen molar-refractivity contribution in [3.63, 3.8) is 0 Å². The van der Waals surface area contributed by atoms with Gasteiger partial charge in [-0.15, -0.1) is 11.3 Å². The molecule has 17 heavy (non-hydrogen) atoms. The van der Waals surface area contributed by atoms with Crippen LogP contribution >= 0.6 is 27.3 Å². The van der Waals surface area contributed by atoms with E-state index < -0.39 is 0 Å². The lowest BCUT2D eigenvalue weighted by atomic mass is 10.1. The van der Waals surface area contributed by atoms with E-state index in [-0.39, 0.29) is 5.91 Å². The average molecular weight is 317 g/mol. The van der Waals surface area contributed by atoms with Crippen molar-refractivity contribution in [1.29, 1.82) is 0 Å². The molecule has 5 heteroatoms. The van der Waals surface area contributed by atoms with E-state index in [0.29, 0.717) is 6.04 Å². The van der Waals surface area contributed by atoms with E-state index in [2.05, 4.69) is 37.6 Å². The first-order valence-corrected chi connectivity index (χ1v) is 7.53. The molecule has 94 valence electrons. The Balaban J connectivity index is 1.77. The molecular formula is C12H17BrN2OS. The van der Waals surface area contributed by atoms with E-state index in [1.807, 2.05) is 0 Å². The lowest BCUT2D eigenvalue weighted by Gasteiger charge is -2.31. The summed E-state index contributed by atoms with van der Waals surface area (Å²) >= 11 is 5.27. The van der Waals surface area contributed by atoms with Crippen LogP contribution < -0.4 is 5.32 Å². The van der Waals surface area contributed by atoms with Crippen molar-refractivity contribution in [3.8, 4) is 0 Å².